The molecule has 0 amide bonds. The molecule has 0 aliphatic carbocycles. The summed E-state index contributed by atoms with van der Waals surface area (Å²) >= 11 is 0. The van der Waals surface area contributed by atoms with Crippen molar-refractivity contribution in [3.05, 3.63) is 52.6 Å². The fourth-order valence-corrected chi connectivity index (χ4v) is 5.90. The lowest BCUT2D eigenvalue weighted by Crippen LogP contribution is -2.35. The molecule has 10 nitrogen and oxygen atoms in total. The van der Waals surface area contributed by atoms with Crippen molar-refractivity contribution < 1.29 is 26.5 Å². The number of anilines is 1. The van der Waals surface area contributed by atoms with Crippen LogP contribution in [0.25, 0.3) is 0 Å². The zero-order valence-electron chi connectivity index (χ0n) is 16.1. The van der Waals surface area contributed by atoms with Crippen LogP contribution < -0.4 is 9.46 Å². The smallest absolute Gasteiger partial charge is 0.269 e. The molecule has 1 heterocycles. The molecule has 2 aromatic carbocycles. The Morgan fingerprint density at radius 1 is 1.00 bits per heavy atom. The van der Waals surface area contributed by atoms with Crippen molar-refractivity contribution in [2.24, 2.45) is 0 Å². The third-order valence-corrected chi connectivity index (χ3v) is 8.02. The van der Waals surface area contributed by atoms with Gasteiger partial charge in [0.25, 0.3) is 15.7 Å². The summed E-state index contributed by atoms with van der Waals surface area (Å²) in [6, 6.07) is 8.35. The minimum absolute atomic E-state index is 0.0322. The SMILES string of the molecule is COc1ccc(NS(=O)(=O)c2ccc([N+](=O)[O-])cc2)cc1S(=O)(=O)N1CCCCC1. The maximum Gasteiger partial charge on any atom is 0.269 e. The molecule has 1 N–H and O–H groups in total. The van der Waals surface area contributed by atoms with E-state index in [1.54, 1.807) is 0 Å². The summed E-state index contributed by atoms with van der Waals surface area (Å²) in [6.07, 6.45) is 2.47. The van der Waals surface area contributed by atoms with E-state index in [1.165, 1.54) is 29.6 Å². The number of nitrogens with one attached hydrogen (secondary N) is 1. The second-order valence-electron chi connectivity index (χ2n) is 6.69. The summed E-state index contributed by atoms with van der Waals surface area (Å²) < 4.78 is 60.2. The van der Waals surface area contributed by atoms with Gasteiger partial charge in [-0.15, -0.1) is 0 Å². The van der Waals surface area contributed by atoms with Gasteiger partial charge in [0, 0.05) is 25.2 Å². The molecule has 0 aromatic heterocycles. The normalized spacial score (nSPS) is 15.5. The van der Waals surface area contributed by atoms with Gasteiger partial charge in [0.05, 0.1) is 22.6 Å². The van der Waals surface area contributed by atoms with Crippen molar-refractivity contribution in [3.8, 4) is 5.75 Å². The van der Waals surface area contributed by atoms with Crippen molar-refractivity contribution in [2.75, 3.05) is 24.9 Å². The number of piperidine rings is 1. The molecule has 0 bridgehead atoms. The van der Waals surface area contributed by atoms with Crippen LogP contribution in [0, 0.1) is 10.1 Å². The molecule has 162 valence electrons. The molecule has 0 radical (unpaired) electrons. The summed E-state index contributed by atoms with van der Waals surface area (Å²) in [5.41, 5.74) is -0.210. The number of rotatable bonds is 7. The summed E-state index contributed by atoms with van der Waals surface area (Å²) in [5, 5.41) is 10.7. The van der Waals surface area contributed by atoms with E-state index in [4.69, 9.17) is 4.74 Å². The standard InChI is InChI=1S/C18H21N3O7S2/c1-28-17-10-5-14(13-18(17)30(26,27)20-11-3-2-4-12-20)19-29(24,25)16-8-6-15(7-9-16)21(22)23/h5-10,13,19H,2-4,11-12H2,1H3. The summed E-state index contributed by atoms with van der Waals surface area (Å²) in [4.78, 5) is 9.79. The Kier molecular flexibility index (Phi) is 6.29. The van der Waals surface area contributed by atoms with E-state index in [9.17, 15) is 26.9 Å². The van der Waals surface area contributed by atoms with E-state index >= 15 is 0 Å². The number of benzene rings is 2. The van der Waals surface area contributed by atoms with Crippen LogP contribution in [-0.2, 0) is 20.0 Å². The number of non-ortho nitro benzene ring substituents is 1. The lowest BCUT2D eigenvalue weighted by molar-refractivity contribution is -0.384. The predicted molar refractivity (Wildman–Crippen MR) is 110 cm³/mol. The van der Waals surface area contributed by atoms with Crippen LogP contribution in [0.2, 0.25) is 0 Å². The van der Waals surface area contributed by atoms with Gasteiger partial charge in [0.1, 0.15) is 10.6 Å². The first-order valence-corrected chi connectivity index (χ1v) is 12.0. The number of sulfonamides is 2. The molecule has 0 atom stereocenters. The van der Waals surface area contributed by atoms with Crippen molar-refractivity contribution in [2.45, 2.75) is 29.1 Å². The third-order valence-electron chi connectivity index (χ3n) is 4.71. The predicted octanol–water partition coefficient (Wildman–Crippen LogP) is 2.58. The van der Waals surface area contributed by atoms with Gasteiger partial charge in [0.15, 0.2) is 0 Å². The van der Waals surface area contributed by atoms with Gasteiger partial charge in [-0.05, 0) is 43.2 Å². The minimum Gasteiger partial charge on any atom is -0.495 e. The summed E-state index contributed by atoms with van der Waals surface area (Å²) in [7, 11) is -6.61. The summed E-state index contributed by atoms with van der Waals surface area (Å²) in [6.45, 7) is 0.786. The molecule has 2 aromatic rings. The summed E-state index contributed by atoms with van der Waals surface area (Å²) in [5.74, 6) is 0.110. The van der Waals surface area contributed by atoms with E-state index in [-0.39, 0.29) is 26.9 Å². The van der Waals surface area contributed by atoms with Gasteiger partial charge in [-0.25, -0.2) is 16.8 Å². The number of methoxy groups -OCH3 is 1. The van der Waals surface area contributed by atoms with Crippen LogP contribution >= 0.6 is 0 Å². The van der Waals surface area contributed by atoms with Gasteiger partial charge in [-0.1, -0.05) is 6.42 Å². The number of hydrogen-bond acceptors (Lipinski definition) is 7. The number of nitro benzene ring substituents is 1. The molecule has 1 aliphatic rings. The average molecular weight is 456 g/mol. The van der Waals surface area contributed by atoms with E-state index in [0.29, 0.717) is 13.1 Å². The van der Waals surface area contributed by atoms with Crippen LogP contribution in [0.15, 0.2) is 52.3 Å². The molecular weight excluding hydrogens is 434 g/mol. The molecule has 0 saturated carbocycles. The zero-order chi connectivity index (χ0) is 21.9. The van der Waals surface area contributed by atoms with Gasteiger partial charge < -0.3 is 4.74 Å². The molecule has 1 saturated heterocycles. The Morgan fingerprint density at radius 3 is 2.20 bits per heavy atom. The lowest BCUT2D eigenvalue weighted by atomic mass is 10.2. The van der Waals surface area contributed by atoms with Gasteiger partial charge >= 0.3 is 0 Å². The highest BCUT2D eigenvalue weighted by Gasteiger charge is 2.29. The van der Waals surface area contributed by atoms with Crippen LogP contribution in [-0.4, -0.2) is 46.3 Å². The number of nitrogens with zero attached hydrogens (tertiary/aromatic N) is 2. The highest BCUT2D eigenvalue weighted by Crippen LogP contribution is 2.32. The monoisotopic (exact) mass is 455 g/mol. The topological polar surface area (TPSA) is 136 Å². The van der Waals surface area contributed by atoms with Crippen molar-refractivity contribution in [1.82, 2.24) is 4.31 Å². The van der Waals surface area contributed by atoms with Crippen LogP contribution in [0.1, 0.15) is 19.3 Å². The highest BCUT2D eigenvalue weighted by atomic mass is 32.2. The van der Waals surface area contributed by atoms with E-state index in [1.807, 2.05) is 0 Å². The minimum atomic E-state index is -4.08. The largest absolute Gasteiger partial charge is 0.495 e. The third kappa shape index (κ3) is 4.55. The molecule has 30 heavy (non-hydrogen) atoms. The van der Waals surface area contributed by atoms with Crippen LogP contribution in [0.5, 0.6) is 5.75 Å². The second kappa shape index (κ2) is 8.58. The van der Waals surface area contributed by atoms with Crippen molar-refractivity contribution in [3.63, 3.8) is 0 Å². The molecule has 0 spiro atoms. The fourth-order valence-electron chi connectivity index (χ4n) is 3.15. The second-order valence-corrected chi connectivity index (χ2v) is 10.3. The van der Waals surface area contributed by atoms with Crippen LogP contribution in [0.4, 0.5) is 11.4 Å². The first-order valence-electron chi connectivity index (χ1n) is 9.10. The Hall–Kier alpha value is -2.70. The average Bonchev–Trinajstić information content (AvgIpc) is 2.74. The van der Waals surface area contributed by atoms with E-state index < -0.39 is 25.0 Å². The van der Waals surface area contributed by atoms with E-state index in [2.05, 4.69) is 4.72 Å². The van der Waals surface area contributed by atoms with Gasteiger partial charge in [-0.2, -0.15) is 4.31 Å². The zero-order valence-corrected chi connectivity index (χ0v) is 17.8. The Labute approximate surface area is 174 Å². The molecule has 3 rings (SSSR count). The molecule has 1 aliphatic heterocycles. The number of ether oxygens (including phenoxy) is 1. The maximum absolute atomic E-state index is 13.1. The number of nitro groups is 1. The number of hydrogen-bond donors (Lipinski definition) is 1. The van der Waals surface area contributed by atoms with Gasteiger partial charge in [0.2, 0.25) is 10.0 Å². The van der Waals surface area contributed by atoms with E-state index in [0.717, 1.165) is 43.5 Å². The fraction of sp³-hybridized carbons (Fsp3) is 0.333. The highest BCUT2D eigenvalue weighted by molar-refractivity contribution is 7.92. The Balaban J connectivity index is 1.93. The first kappa shape index (κ1) is 22.0. The van der Waals surface area contributed by atoms with Crippen LogP contribution in [0.3, 0.4) is 0 Å². The van der Waals surface area contributed by atoms with Gasteiger partial charge in [-0.3, -0.25) is 14.8 Å². The molecule has 1 fully saturated rings. The molecule has 0 unspecified atom stereocenters. The maximum atomic E-state index is 13.1. The Morgan fingerprint density at radius 2 is 1.63 bits per heavy atom. The molecular formula is C18H21N3O7S2. The quantitative estimate of drug-likeness (QED) is 0.500. The van der Waals surface area contributed by atoms with Crippen molar-refractivity contribution >= 4 is 31.4 Å². The Bertz CT molecular complexity index is 1140. The lowest BCUT2D eigenvalue weighted by Gasteiger charge is -2.26. The molecule has 12 heteroatoms. The first-order chi connectivity index (χ1) is 14.1. The van der Waals surface area contributed by atoms with Crippen molar-refractivity contribution in [1.29, 1.82) is 0 Å².